The summed E-state index contributed by atoms with van der Waals surface area (Å²) >= 11 is 4.69. The van der Waals surface area contributed by atoms with Crippen LogP contribution in [0.5, 0.6) is 5.75 Å². The Morgan fingerprint density at radius 2 is 2.00 bits per heavy atom. The third kappa shape index (κ3) is 3.85. The number of rotatable bonds is 3. The lowest BCUT2D eigenvalue weighted by atomic mass is 10.2. The number of halogens is 2. The number of nitrogens with zero attached hydrogens (tertiary/aromatic N) is 1. The molecule has 1 saturated heterocycles. The Balaban J connectivity index is 1.86. The zero-order chi connectivity index (χ0) is 17.1. The van der Waals surface area contributed by atoms with Crippen molar-refractivity contribution in [2.24, 2.45) is 4.99 Å². The van der Waals surface area contributed by atoms with E-state index in [2.05, 4.69) is 26.2 Å². The molecule has 1 amide bonds. The number of hydrogen-bond acceptors (Lipinski definition) is 4. The fraction of sp³-hybridized carbons (Fsp3) is 0.0588. The van der Waals surface area contributed by atoms with Crippen LogP contribution in [0.25, 0.3) is 6.08 Å². The van der Waals surface area contributed by atoms with E-state index in [0.29, 0.717) is 21.5 Å². The molecule has 0 atom stereocenters. The second-order valence-corrected chi connectivity index (χ2v) is 6.73. The van der Waals surface area contributed by atoms with Gasteiger partial charge in [-0.3, -0.25) is 4.79 Å². The van der Waals surface area contributed by atoms with Crippen LogP contribution < -0.4 is 10.1 Å². The smallest absolute Gasteiger partial charge is 0.264 e. The average Bonchev–Trinajstić information content (AvgIpc) is 2.91. The number of carbonyl (C=O) groups is 1. The van der Waals surface area contributed by atoms with Crippen LogP contribution in [0.3, 0.4) is 0 Å². The quantitative estimate of drug-likeness (QED) is 0.763. The van der Waals surface area contributed by atoms with Gasteiger partial charge in [0.25, 0.3) is 5.91 Å². The summed E-state index contributed by atoms with van der Waals surface area (Å²) < 4.78 is 19.0. The summed E-state index contributed by atoms with van der Waals surface area (Å²) in [6.07, 6.45) is 1.76. The Morgan fingerprint density at radius 1 is 1.25 bits per heavy atom. The van der Waals surface area contributed by atoms with Crippen molar-refractivity contribution >= 4 is 50.5 Å². The molecule has 1 fully saturated rings. The van der Waals surface area contributed by atoms with E-state index in [9.17, 15) is 9.18 Å². The van der Waals surface area contributed by atoms with Crippen molar-refractivity contribution in [3.63, 3.8) is 0 Å². The summed E-state index contributed by atoms with van der Waals surface area (Å²) in [7, 11) is 1.59. The van der Waals surface area contributed by atoms with E-state index in [0.717, 1.165) is 10.0 Å². The molecule has 1 aliphatic rings. The topological polar surface area (TPSA) is 50.7 Å². The first-order valence-electron chi connectivity index (χ1n) is 6.94. The van der Waals surface area contributed by atoms with Crippen LogP contribution in [0.1, 0.15) is 5.56 Å². The summed E-state index contributed by atoms with van der Waals surface area (Å²) in [6.45, 7) is 0. The summed E-state index contributed by atoms with van der Waals surface area (Å²) in [5, 5.41) is 3.16. The van der Waals surface area contributed by atoms with Crippen molar-refractivity contribution in [2.75, 3.05) is 7.11 Å². The number of nitrogens with one attached hydrogen (secondary N) is 1. The molecule has 0 saturated carbocycles. The maximum absolute atomic E-state index is 12.9. The molecule has 0 unspecified atom stereocenters. The minimum Gasteiger partial charge on any atom is -0.497 e. The maximum atomic E-state index is 12.9. The van der Waals surface area contributed by atoms with Crippen LogP contribution in [0, 0.1) is 5.82 Å². The maximum Gasteiger partial charge on any atom is 0.264 e. The van der Waals surface area contributed by atoms with Crippen LogP contribution >= 0.6 is 27.7 Å². The predicted molar refractivity (Wildman–Crippen MR) is 97.9 cm³/mol. The van der Waals surface area contributed by atoms with Crippen molar-refractivity contribution in [3.05, 3.63) is 63.2 Å². The third-order valence-electron chi connectivity index (χ3n) is 3.20. The van der Waals surface area contributed by atoms with Crippen molar-refractivity contribution in [2.45, 2.75) is 0 Å². The van der Waals surface area contributed by atoms with Gasteiger partial charge in [-0.15, -0.1) is 0 Å². The molecule has 7 heteroatoms. The van der Waals surface area contributed by atoms with Crippen LogP contribution in [0.2, 0.25) is 0 Å². The Labute approximate surface area is 150 Å². The highest BCUT2D eigenvalue weighted by Gasteiger charge is 2.24. The van der Waals surface area contributed by atoms with Gasteiger partial charge >= 0.3 is 0 Å². The standard InChI is InChI=1S/C17H12BrFN2O2S/c1-23-13-6-7-14(18)10(8-13)9-15-16(22)21-17(24-15)20-12-4-2-11(19)3-5-12/h2-9H,1H3,(H,20,21,22)/b15-9-. The molecule has 0 aliphatic carbocycles. The lowest BCUT2D eigenvalue weighted by Gasteiger charge is -2.03. The minimum absolute atomic E-state index is 0.226. The van der Waals surface area contributed by atoms with E-state index in [4.69, 9.17) is 4.74 Å². The fourth-order valence-electron chi connectivity index (χ4n) is 2.01. The van der Waals surface area contributed by atoms with E-state index >= 15 is 0 Å². The molecule has 0 radical (unpaired) electrons. The van der Waals surface area contributed by atoms with Crippen molar-refractivity contribution in [1.29, 1.82) is 0 Å². The van der Waals surface area contributed by atoms with E-state index in [-0.39, 0.29) is 11.7 Å². The number of benzene rings is 2. The first-order valence-corrected chi connectivity index (χ1v) is 8.55. The van der Waals surface area contributed by atoms with Crippen LogP contribution in [-0.4, -0.2) is 18.2 Å². The van der Waals surface area contributed by atoms with Gasteiger partial charge in [0.1, 0.15) is 11.6 Å². The lowest BCUT2D eigenvalue weighted by Crippen LogP contribution is -2.19. The number of hydrogen-bond donors (Lipinski definition) is 1. The molecule has 1 N–H and O–H groups in total. The van der Waals surface area contributed by atoms with Gasteiger partial charge in [-0.05, 0) is 65.9 Å². The van der Waals surface area contributed by atoms with E-state index in [1.54, 1.807) is 25.3 Å². The van der Waals surface area contributed by atoms with Crippen molar-refractivity contribution < 1.29 is 13.9 Å². The average molecular weight is 407 g/mol. The largest absolute Gasteiger partial charge is 0.497 e. The number of aliphatic imine (C=N–C) groups is 1. The molecule has 24 heavy (non-hydrogen) atoms. The highest BCUT2D eigenvalue weighted by Crippen LogP contribution is 2.31. The molecule has 0 spiro atoms. The van der Waals surface area contributed by atoms with E-state index in [1.165, 1.54) is 23.9 Å². The van der Waals surface area contributed by atoms with Gasteiger partial charge in [0.2, 0.25) is 0 Å². The Morgan fingerprint density at radius 3 is 2.71 bits per heavy atom. The van der Waals surface area contributed by atoms with Gasteiger partial charge in [-0.2, -0.15) is 0 Å². The predicted octanol–water partition coefficient (Wildman–Crippen LogP) is 4.49. The second kappa shape index (κ2) is 7.19. The monoisotopic (exact) mass is 406 g/mol. The highest BCUT2D eigenvalue weighted by molar-refractivity contribution is 9.10. The molecule has 4 nitrogen and oxygen atoms in total. The van der Waals surface area contributed by atoms with E-state index < -0.39 is 0 Å². The molecule has 2 aromatic rings. The molecule has 122 valence electrons. The normalized spacial score (nSPS) is 17.4. The molecule has 1 heterocycles. The Kier molecular flexibility index (Phi) is 5.01. The van der Waals surface area contributed by atoms with Gasteiger partial charge in [0, 0.05) is 4.47 Å². The summed E-state index contributed by atoms with van der Waals surface area (Å²) in [5.41, 5.74) is 1.40. The number of thioether (sulfide) groups is 1. The van der Waals surface area contributed by atoms with Crippen molar-refractivity contribution in [3.8, 4) is 5.75 Å². The number of amides is 1. The first kappa shape index (κ1) is 16.7. The summed E-state index contributed by atoms with van der Waals surface area (Å²) in [4.78, 5) is 16.9. The molecular formula is C17H12BrFN2O2S. The Bertz CT molecular complexity index is 850. The number of methoxy groups -OCH3 is 1. The Hall–Kier alpha value is -2.12. The zero-order valence-electron chi connectivity index (χ0n) is 12.5. The molecule has 0 bridgehead atoms. The molecule has 2 aromatic carbocycles. The molecule has 3 rings (SSSR count). The molecular weight excluding hydrogens is 395 g/mol. The number of carbonyl (C=O) groups excluding carboxylic acids is 1. The first-order chi connectivity index (χ1) is 11.5. The van der Waals surface area contributed by atoms with Gasteiger partial charge in [-0.1, -0.05) is 15.9 Å². The number of amidine groups is 1. The van der Waals surface area contributed by atoms with Gasteiger partial charge in [0.15, 0.2) is 5.17 Å². The van der Waals surface area contributed by atoms with Crippen LogP contribution in [0.4, 0.5) is 10.1 Å². The molecule has 0 aromatic heterocycles. The van der Waals surface area contributed by atoms with Crippen molar-refractivity contribution in [1.82, 2.24) is 5.32 Å². The SMILES string of the molecule is COc1ccc(Br)c(/C=C2\SC(=Nc3ccc(F)cc3)NC2=O)c1. The van der Waals surface area contributed by atoms with Crippen LogP contribution in [-0.2, 0) is 4.79 Å². The molecule has 1 aliphatic heterocycles. The van der Waals surface area contributed by atoms with Gasteiger partial charge < -0.3 is 10.1 Å². The minimum atomic E-state index is -0.328. The van der Waals surface area contributed by atoms with Gasteiger partial charge in [0.05, 0.1) is 17.7 Å². The van der Waals surface area contributed by atoms with Gasteiger partial charge in [-0.25, -0.2) is 9.38 Å². The highest BCUT2D eigenvalue weighted by atomic mass is 79.9. The zero-order valence-corrected chi connectivity index (χ0v) is 14.9. The summed E-state index contributed by atoms with van der Waals surface area (Å²) in [6, 6.07) is 11.3. The summed E-state index contributed by atoms with van der Waals surface area (Å²) in [5.74, 6) is 0.148. The third-order valence-corrected chi connectivity index (χ3v) is 4.83. The second-order valence-electron chi connectivity index (χ2n) is 4.85. The number of ether oxygens (including phenoxy) is 1. The lowest BCUT2D eigenvalue weighted by molar-refractivity contribution is -0.115. The van der Waals surface area contributed by atoms with Crippen LogP contribution in [0.15, 0.2) is 56.8 Å². The fourth-order valence-corrected chi connectivity index (χ4v) is 3.21. The van der Waals surface area contributed by atoms with E-state index in [1.807, 2.05) is 18.2 Å².